The van der Waals surface area contributed by atoms with E-state index < -0.39 is 0 Å². The van der Waals surface area contributed by atoms with Crippen molar-refractivity contribution in [1.82, 2.24) is 4.98 Å². The number of pyridine rings is 1. The first kappa shape index (κ1) is 8.93. The summed E-state index contributed by atoms with van der Waals surface area (Å²) in [6.07, 6.45) is 2.64. The highest BCUT2D eigenvalue weighted by atomic mass is 16.2. The molecule has 0 spiro atoms. The topological polar surface area (TPSA) is 33.2 Å². The number of anilines is 1. The van der Waals surface area contributed by atoms with Crippen molar-refractivity contribution in [3.63, 3.8) is 0 Å². The molecule has 1 atom stereocenters. The predicted molar refractivity (Wildman–Crippen MR) is 63.9 cm³/mol. The van der Waals surface area contributed by atoms with Crippen LogP contribution in [0.1, 0.15) is 27.7 Å². The number of fused-ring (bicyclic) bond motifs is 5. The summed E-state index contributed by atoms with van der Waals surface area (Å²) in [5, 5.41) is 0. The Hall–Kier alpha value is -2.16. The van der Waals surface area contributed by atoms with E-state index in [0.29, 0.717) is 0 Å². The largest absolute Gasteiger partial charge is 0.299 e. The third kappa shape index (κ3) is 1.01. The Kier molecular flexibility index (Phi) is 1.55. The maximum absolute atomic E-state index is 12.3. The summed E-state index contributed by atoms with van der Waals surface area (Å²) in [5.74, 6) is 0.0862. The molecule has 3 heterocycles. The number of hydrogen-bond acceptors (Lipinski definition) is 2. The Labute approximate surface area is 98.7 Å². The molecule has 0 N–H and O–H groups in total. The fraction of sp³-hybridized carbons (Fsp3) is 0.143. The molecular formula is C14H10N2O. The summed E-state index contributed by atoms with van der Waals surface area (Å²) in [5.41, 5.74) is 3.96. The number of amides is 1. The molecule has 3 heteroatoms. The van der Waals surface area contributed by atoms with Crippen molar-refractivity contribution in [2.45, 2.75) is 12.5 Å². The number of rotatable bonds is 0. The van der Waals surface area contributed by atoms with Crippen LogP contribution >= 0.6 is 0 Å². The van der Waals surface area contributed by atoms with Crippen molar-refractivity contribution in [2.24, 2.45) is 0 Å². The zero-order valence-electron chi connectivity index (χ0n) is 9.13. The third-order valence-corrected chi connectivity index (χ3v) is 3.58. The number of carbonyl (C=O) groups excluding carboxylic acids is 1. The number of nitrogens with zero attached hydrogens (tertiary/aromatic N) is 2. The zero-order chi connectivity index (χ0) is 11.4. The summed E-state index contributed by atoms with van der Waals surface area (Å²) in [6.45, 7) is 0. The van der Waals surface area contributed by atoms with Gasteiger partial charge in [0.05, 0.1) is 17.3 Å². The summed E-state index contributed by atoms with van der Waals surface area (Å²) in [6, 6.07) is 11.9. The Morgan fingerprint density at radius 1 is 1.18 bits per heavy atom. The number of aromatic nitrogens is 1. The highest BCUT2D eigenvalue weighted by Gasteiger charge is 2.43. The number of hydrogen-bond donors (Lipinski definition) is 0. The molecule has 2 aliphatic heterocycles. The molecule has 1 unspecified atom stereocenters. The second-order valence-corrected chi connectivity index (χ2v) is 4.46. The van der Waals surface area contributed by atoms with E-state index in [1.54, 1.807) is 6.20 Å². The lowest BCUT2D eigenvalue weighted by molar-refractivity contribution is 0.0993. The van der Waals surface area contributed by atoms with Gasteiger partial charge in [-0.1, -0.05) is 18.2 Å². The van der Waals surface area contributed by atoms with E-state index in [1.807, 2.05) is 35.2 Å². The molecule has 0 fully saturated rings. The Bertz CT molecular complexity index is 636. The summed E-state index contributed by atoms with van der Waals surface area (Å²) in [4.78, 5) is 18.6. The van der Waals surface area contributed by atoms with Gasteiger partial charge in [-0.3, -0.25) is 14.7 Å². The standard InChI is InChI=1S/C14H10N2O/c17-14-10-5-3-7-15-13(10)12-8-9-4-1-2-6-11(9)16(12)14/h1-7,12H,8H2. The summed E-state index contributed by atoms with van der Waals surface area (Å²) < 4.78 is 0. The first-order valence-electron chi connectivity index (χ1n) is 5.72. The molecule has 82 valence electrons. The Balaban J connectivity index is 1.94. The highest BCUT2D eigenvalue weighted by molar-refractivity contribution is 6.12. The van der Waals surface area contributed by atoms with Gasteiger partial charge in [0, 0.05) is 18.3 Å². The average Bonchev–Trinajstić information content (AvgIpc) is 2.88. The predicted octanol–water partition coefficient (Wildman–Crippen LogP) is 2.34. The van der Waals surface area contributed by atoms with Crippen LogP contribution in [0.5, 0.6) is 0 Å². The van der Waals surface area contributed by atoms with E-state index >= 15 is 0 Å². The van der Waals surface area contributed by atoms with Crippen LogP contribution < -0.4 is 4.90 Å². The average molecular weight is 222 g/mol. The fourth-order valence-corrected chi connectivity index (χ4v) is 2.85. The van der Waals surface area contributed by atoms with Gasteiger partial charge in [-0.2, -0.15) is 0 Å². The lowest BCUT2D eigenvalue weighted by atomic mass is 10.1. The Morgan fingerprint density at radius 2 is 2.06 bits per heavy atom. The van der Waals surface area contributed by atoms with E-state index in [1.165, 1.54) is 5.56 Å². The maximum atomic E-state index is 12.3. The molecule has 4 rings (SSSR count). The molecule has 0 saturated carbocycles. The summed E-state index contributed by atoms with van der Waals surface area (Å²) >= 11 is 0. The van der Waals surface area contributed by atoms with Crippen LogP contribution in [0.4, 0.5) is 5.69 Å². The number of para-hydroxylation sites is 1. The van der Waals surface area contributed by atoms with Crippen LogP contribution in [-0.2, 0) is 6.42 Å². The smallest absolute Gasteiger partial charge is 0.260 e. The molecule has 2 aliphatic rings. The molecule has 0 saturated heterocycles. The van der Waals surface area contributed by atoms with Gasteiger partial charge in [0.15, 0.2) is 0 Å². The van der Waals surface area contributed by atoms with Crippen molar-refractivity contribution in [2.75, 3.05) is 4.90 Å². The maximum Gasteiger partial charge on any atom is 0.260 e. The van der Waals surface area contributed by atoms with Crippen molar-refractivity contribution in [1.29, 1.82) is 0 Å². The second kappa shape index (κ2) is 2.94. The number of carbonyl (C=O) groups is 1. The van der Waals surface area contributed by atoms with Crippen molar-refractivity contribution in [3.8, 4) is 0 Å². The van der Waals surface area contributed by atoms with Crippen molar-refractivity contribution < 1.29 is 4.79 Å². The van der Waals surface area contributed by atoms with Crippen LogP contribution in [-0.4, -0.2) is 10.9 Å². The molecule has 2 aromatic rings. The monoisotopic (exact) mass is 222 g/mol. The van der Waals surface area contributed by atoms with Crippen molar-refractivity contribution in [3.05, 3.63) is 59.4 Å². The fourth-order valence-electron chi connectivity index (χ4n) is 2.85. The van der Waals surface area contributed by atoms with Gasteiger partial charge < -0.3 is 0 Å². The molecule has 1 amide bonds. The van der Waals surface area contributed by atoms with E-state index in [9.17, 15) is 4.79 Å². The molecule has 1 aromatic carbocycles. The summed E-state index contributed by atoms with van der Waals surface area (Å²) in [7, 11) is 0. The van der Waals surface area contributed by atoms with Crippen LogP contribution in [0, 0.1) is 0 Å². The Morgan fingerprint density at radius 3 is 3.00 bits per heavy atom. The molecular weight excluding hydrogens is 212 g/mol. The van der Waals surface area contributed by atoms with Gasteiger partial charge in [-0.25, -0.2) is 0 Å². The highest BCUT2D eigenvalue weighted by Crippen LogP contribution is 2.45. The quantitative estimate of drug-likeness (QED) is 0.685. The van der Waals surface area contributed by atoms with Crippen molar-refractivity contribution >= 4 is 11.6 Å². The minimum atomic E-state index is 0.0862. The zero-order valence-corrected chi connectivity index (χ0v) is 9.13. The first-order chi connectivity index (χ1) is 8.36. The molecule has 1 aromatic heterocycles. The van der Waals surface area contributed by atoms with Crippen LogP contribution in [0.3, 0.4) is 0 Å². The van der Waals surface area contributed by atoms with Gasteiger partial charge >= 0.3 is 0 Å². The minimum absolute atomic E-state index is 0.0862. The third-order valence-electron chi connectivity index (χ3n) is 3.58. The SMILES string of the molecule is O=C1c2cccnc2C2Cc3ccccc3N12. The number of benzene rings is 1. The van der Waals surface area contributed by atoms with E-state index in [4.69, 9.17) is 0 Å². The molecule has 0 radical (unpaired) electrons. The molecule has 0 aliphatic carbocycles. The van der Waals surface area contributed by atoms with Crippen LogP contribution in [0.2, 0.25) is 0 Å². The van der Waals surface area contributed by atoms with E-state index in [-0.39, 0.29) is 11.9 Å². The molecule has 17 heavy (non-hydrogen) atoms. The lowest BCUT2D eigenvalue weighted by Crippen LogP contribution is -2.23. The van der Waals surface area contributed by atoms with Gasteiger partial charge in [-0.05, 0) is 23.8 Å². The van der Waals surface area contributed by atoms with Gasteiger partial charge in [0.1, 0.15) is 0 Å². The molecule has 3 nitrogen and oxygen atoms in total. The van der Waals surface area contributed by atoms with Crippen LogP contribution in [0.15, 0.2) is 42.6 Å². The van der Waals surface area contributed by atoms with Gasteiger partial charge in [-0.15, -0.1) is 0 Å². The molecule has 0 bridgehead atoms. The first-order valence-corrected chi connectivity index (χ1v) is 5.72. The van der Waals surface area contributed by atoms with E-state index in [2.05, 4.69) is 11.1 Å². The van der Waals surface area contributed by atoms with E-state index in [0.717, 1.165) is 23.4 Å². The van der Waals surface area contributed by atoms with Gasteiger partial charge in [0.2, 0.25) is 0 Å². The lowest BCUT2D eigenvalue weighted by Gasteiger charge is -2.16. The minimum Gasteiger partial charge on any atom is -0.299 e. The second-order valence-electron chi connectivity index (χ2n) is 4.46. The van der Waals surface area contributed by atoms with Crippen LogP contribution in [0.25, 0.3) is 0 Å². The van der Waals surface area contributed by atoms with Gasteiger partial charge in [0.25, 0.3) is 5.91 Å². The normalized spacial score (nSPS) is 20.1.